The average molecular weight is 302 g/mol. The molecular weight excluding hydrogens is 284 g/mol. The number of methoxy groups -OCH3 is 1. The molecule has 0 aliphatic carbocycles. The second-order valence-corrected chi connectivity index (χ2v) is 5.24. The zero-order chi connectivity index (χ0) is 16.1. The molecule has 0 bridgehead atoms. The first kappa shape index (κ1) is 14.9. The summed E-state index contributed by atoms with van der Waals surface area (Å²) in [7, 11) is 1.67. The Morgan fingerprint density at radius 2 is 1.39 bits per heavy atom. The number of ether oxygens (including phenoxy) is 1. The van der Waals surface area contributed by atoms with Crippen LogP contribution in [0.2, 0.25) is 0 Å². The van der Waals surface area contributed by atoms with Crippen LogP contribution in [0.1, 0.15) is 16.7 Å². The first-order valence-electron chi connectivity index (χ1n) is 7.47. The van der Waals surface area contributed by atoms with E-state index in [1.54, 1.807) is 19.2 Å². The van der Waals surface area contributed by atoms with Crippen molar-refractivity contribution in [1.82, 2.24) is 0 Å². The third-order valence-corrected chi connectivity index (χ3v) is 3.69. The van der Waals surface area contributed by atoms with Crippen molar-refractivity contribution in [1.29, 1.82) is 0 Å². The Balaban J connectivity index is 2.08. The highest BCUT2D eigenvalue weighted by atomic mass is 16.5. The SMILES string of the molecule is COc1ccc(C(=Cc2ccc(O)cc2)c2ccccc2)cc1. The van der Waals surface area contributed by atoms with E-state index < -0.39 is 0 Å². The van der Waals surface area contributed by atoms with Gasteiger partial charge >= 0.3 is 0 Å². The molecule has 0 radical (unpaired) electrons. The van der Waals surface area contributed by atoms with E-state index in [-0.39, 0.29) is 5.75 Å². The largest absolute Gasteiger partial charge is 0.508 e. The van der Waals surface area contributed by atoms with Crippen LogP contribution in [0.3, 0.4) is 0 Å². The molecule has 0 saturated heterocycles. The number of phenols is 1. The Labute approximate surface area is 136 Å². The summed E-state index contributed by atoms with van der Waals surface area (Å²) in [5, 5.41) is 9.45. The van der Waals surface area contributed by atoms with Crippen molar-refractivity contribution in [3.05, 3.63) is 95.6 Å². The van der Waals surface area contributed by atoms with Gasteiger partial charge in [0.25, 0.3) is 0 Å². The summed E-state index contributed by atoms with van der Waals surface area (Å²) < 4.78 is 5.24. The van der Waals surface area contributed by atoms with Gasteiger partial charge in [-0.1, -0.05) is 54.6 Å². The van der Waals surface area contributed by atoms with Gasteiger partial charge in [0, 0.05) is 0 Å². The van der Waals surface area contributed by atoms with E-state index in [2.05, 4.69) is 30.3 Å². The maximum absolute atomic E-state index is 9.45. The highest BCUT2D eigenvalue weighted by molar-refractivity contribution is 5.91. The second-order valence-electron chi connectivity index (χ2n) is 5.24. The van der Waals surface area contributed by atoms with E-state index in [4.69, 9.17) is 4.74 Å². The Morgan fingerprint density at radius 1 is 0.783 bits per heavy atom. The van der Waals surface area contributed by atoms with Crippen LogP contribution in [-0.4, -0.2) is 12.2 Å². The van der Waals surface area contributed by atoms with Crippen molar-refractivity contribution < 1.29 is 9.84 Å². The van der Waals surface area contributed by atoms with Crippen molar-refractivity contribution in [3.63, 3.8) is 0 Å². The highest BCUT2D eigenvalue weighted by Crippen LogP contribution is 2.28. The minimum Gasteiger partial charge on any atom is -0.508 e. The van der Waals surface area contributed by atoms with Gasteiger partial charge in [0.1, 0.15) is 11.5 Å². The van der Waals surface area contributed by atoms with Crippen LogP contribution in [0.5, 0.6) is 11.5 Å². The summed E-state index contributed by atoms with van der Waals surface area (Å²) in [6, 6.07) is 25.5. The van der Waals surface area contributed by atoms with Crippen LogP contribution < -0.4 is 4.74 Å². The first-order valence-corrected chi connectivity index (χ1v) is 7.47. The van der Waals surface area contributed by atoms with Gasteiger partial charge in [-0.3, -0.25) is 0 Å². The van der Waals surface area contributed by atoms with Crippen molar-refractivity contribution in [2.45, 2.75) is 0 Å². The molecule has 3 rings (SSSR count). The van der Waals surface area contributed by atoms with Gasteiger partial charge in [-0.05, 0) is 52.6 Å². The van der Waals surface area contributed by atoms with E-state index in [0.29, 0.717) is 0 Å². The van der Waals surface area contributed by atoms with Crippen molar-refractivity contribution in [3.8, 4) is 11.5 Å². The molecule has 0 atom stereocenters. The molecule has 2 heteroatoms. The lowest BCUT2D eigenvalue weighted by atomic mass is 9.95. The number of hydrogen-bond donors (Lipinski definition) is 1. The maximum atomic E-state index is 9.45. The molecule has 1 N–H and O–H groups in total. The first-order chi connectivity index (χ1) is 11.3. The summed E-state index contributed by atoms with van der Waals surface area (Å²) in [5.74, 6) is 1.11. The highest BCUT2D eigenvalue weighted by Gasteiger charge is 2.06. The fourth-order valence-electron chi connectivity index (χ4n) is 2.46. The fourth-order valence-corrected chi connectivity index (χ4v) is 2.46. The molecule has 0 aliphatic heterocycles. The summed E-state index contributed by atoms with van der Waals surface area (Å²) in [6.45, 7) is 0. The predicted molar refractivity (Wildman–Crippen MR) is 94.5 cm³/mol. The van der Waals surface area contributed by atoms with Gasteiger partial charge in [0.2, 0.25) is 0 Å². The van der Waals surface area contributed by atoms with E-state index in [1.807, 2.05) is 42.5 Å². The zero-order valence-electron chi connectivity index (χ0n) is 12.9. The minimum atomic E-state index is 0.271. The van der Waals surface area contributed by atoms with Crippen LogP contribution in [-0.2, 0) is 0 Å². The van der Waals surface area contributed by atoms with Crippen molar-refractivity contribution in [2.24, 2.45) is 0 Å². The van der Waals surface area contributed by atoms with E-state index >= 15 is 0 Å². The zero-order valence-corrected chi connectivity index (χ0v) is 12.9. The second kappa shape index (κ2) is 6.84. The van der Waals surface area contributed by atoms with Gasteiger partial charge in [0.15, 0.2) is 0 Å². The third-order valence-electron chi connectivity index (χ3n) is 3.69. The summed E-state index contributed by atoms with van der Waals surface area (Å²) in [4.78, 5) is 0. The molecule has 0 aromatic heterocycles. The number of aromatic hydroxyl groups is 1. The summed E-state index contributed by atoms with van der Waals surface area (Å²) in [5.41, 5.74) is 4.42. The number of rotatable bonds is 4. The molecule has 0 heterocycles. The molecule has 0 saturated carbocycles. The Morgan fingerprint density at radius 3 is 2.00 bits per heavy atom. The van der Waals surface area contributed by atoms with Gasteiger partial charge in [-0.25, -0.2) is 0 Å². The normalized spacial score (nSPS) is 11.3. The van der Waals surface area contributed by atoms with Gasteiger partial charge < -0.3 is 9.84 Å². The van der Waals surface area contributed by atoms with Crippen LogP contribution in [0.4, 0.5) is 0 Å². The van der Waals surface area contributed by atoms with Crippen molar-refractivity contribution in [2.75, 3.05) is 7.11 Å². The number of hydrogen-bond acceptors (Lipinski definition) is 2. The molecule has 114 valence electrons. The molecule has 0 spiro atoms. The van der Waals surface area contributed by atoms with Gasteiger partial charge in [-0.2, -0.15) is 0 Å². The lowest BCUT2D eigenvalue weighted by molar-refractivity contribution is 0.415. The van der Waals surface area contributed by atoms with Crippen LogP contribution in [0, 0.1) is 0 Å². The summed E-state index contributed by atoms with van der Waals surface area (Å²) in [6.07, 6.45) is 2.12. The molecule has 2 nitrogen and oxygen atoms in total. The third kappa shape index (κ3) is 3.61. The predicted octanol–water partition coefficient (Wildman–Crippen LogP) is 4.99. The number of phenolic OH excluding ortho intramolecular Hbond substituents is 1. The van der Waals surface area contributed by atoms with Crippen LogP contribution in [0.15, 0.2) is 78.9 Å². The van der Waals surface area contributed by atoms with Crippen LogP contribution >= 0.6 is 0 Å². The molecule has 0 fully saturated rings. The molecular formula is C21H18O2. The van der Waals surface area contributed by atoms with Crippen LogP contribution in [0.25, 0.3) is 11.6 Å². The molecule has 0 unspecified atom stereocenters. The molecule has 0 amide bonds. The smallest absolute Gasteiger partial charge is 0.118 e. The Bertz CT molecular complexity index is 786. The topological polar surface area (TPSA) is 29.5 Å². The van der Waals surface area contributed by atoms with Gasteiger partial charge in [0.05, 0.1) is 7.11 Å². The molecule has 3 aromatic rings. The van der Waals surface area contributed by atoms with E-state index in [0.717, 1.165) is 28.0 Å². The molecule has 23 heavy (non-hydrogen) atoms. The average Bonchev–Trinajstić information content (AvgIpc) is 2.62. The molecule has 3 aromatic carbocycles. The molecule has 0 aliphatic rings. The van der Waals surface area contributed by atoms with Gasteiger partial charge in [-0.15, -0.1) is 0 Å². The standard InChI is InChI=1S/C21H18O2/c1-23-20-13-9-18(10-14-20)21(17-5-3-2-4-6-17)15-16-7-11-19(22)12-8-16/h2-15,22H,1H3. The quantitative estimate of drug-likeness (QED) is 0.688. The Hall–Kier alpha value is -3.00. The van der Waals surface area contributed by atoms with E-state index in [9.17, 15) is 5.11 Å². The lowest BCUT2D eigenvalue weighted by Gasteiger charge is -2.10. The monoisotopic (exact) mass is 302 g/mol. The fraction of sp³-hybridized carbons (Fsp3) is 0.0476. The maximum Gasteiger partial charge on any atom is 0.118 e. The van der Waals surface area contributed by atoms with E-state index in [1.165, 1.54) is 0 Å². The Kier molecular flexibility index (Phi) is 4.44. The lowest BCUT2D eigenvalue weighted by Crippen LogP contribution is -1.89. The number of benzene rings is 3. The minimum absolute atomic E-state index is 0.271. The van der Waals surface area contributed by atoms with Crippen molar-refractivity contribution >= 4 is 11.6 Å². The summed E-state index contributed by atoms with van der Waals surface area (Å²) >= 11 is 0.